The number of thiophene rings is 1. The van der Waals surface area contributed by atoms with Crippen molar-refractivity contribution in [3.63, 3.8) is 0 Å². The number of esters is 1. The van der Waals surface area contributed by atoms with Crippen molar-refractivity contribution in [2.75, 3.05) is 25.2 Å². The van der Waals surface area contributed by atoms with Crippen LogP contribution in [0.15, 0.2) is 63.0 Å². The number of hydrogen-bond donors (Lipinski definition) is 1. The Morgan fingerprint density at radius 2 is 1.74 bits per heavy atom. The molecule has 13 heteroatoms. The number of rotatable bonds is 14. The van der Waals surface area contributed by atoms with Gasteiger partial charge in [0.05, 0.1) is 30.9 Å². The Kier molecular flexibility index (Phi) is 10.9. The van der Waals surface area contributed by atoms with E-state index in [9.17, 15) is 22.8 Å². The Hall–Kier alpha value is -3.39. The summed E-state index contributed by atoms with van der Waals surface area (Å²) in [4.78, 5) is 42.4. The first kappa shape index (κ1) is 32.5. The van der Waals surface area contributed by atoms with Gasteiger partial charge in [-0.2, -0.15) is 0 Å². The van der Waals surface area contributed by atoms with E-state index in [0.717, 1.165) is 27.0 Å². The van der Waals surface area contributed by atoms with E-state index in [0.29, 0.717) is 27.6 Å². The normalized spacial score (nSPS) is 11.6. The van der Waals surface area contributed by atoms with Gasteiger partial charge < -0.3 is 9.47 Å². The van der Waals surface area contributed by atoms with E-state index in [1.165, 1.54) is 34.6 Å². The van der Waals surface area contributed by atoms with Gasteiger partial charge in [-0.1, -0.05) is 25.1 Å². The monoisotopic (exact) mass is 645 g/mol. The van der Waals surface area contributed by atoms with Gasteiger partial charge in [-0.25, -0.2) is 22.5 Å². The lowest BCUT2D eigenvalue weighted by Gasteiger charge is -2.14. The number of benzene rings is 2. The maximum absolute atomic E-state index is 14.0. The largest absolute Gasteiger partial charge is 0.494 e. The van der Waals surface area contributed by atoms with Crippen LogP contribution >= 0.6 is 23.1 Å². The molecule has 0 saturated heterocycles. The third kappa shape index (κ3) is 7.40. The topological polar surface area (TPSA) is 126 Å². The Morgan fingerprint density at radius 3 is 2.40 bits per heavy atom. The van der Waals surface area contributed by atoms with Crippen molar-refractivity contribution in [1.29, 1.82) is 0 Å². The highest BCUT2D eigenvalue weighted by Gasteiger charge is 2.25. The third-order valence-corrected chi connectivity index (χ3v) is 10.2. The summed E-state index contributed by atoms with van der Waals surface area (Å²) in [7, 11) is -3.62. The lowest BCUT2D eigenvalue weighted by molar-refractivity contribution is -0.143. The van der Waals surface area contributed by atoms with Crippen LogP contribution in [0.1, 0.15) is 38.3 Å². The number of nitrogens with zero attached hydrogens (tertiary/aromatic N) is 2. The number of sulfonamides is 1. The average molecular weight is 646 g/mol. The highest BCUT2D eigenvalue weighted by Crippen LogP contribution is 2.38. The van der Waals surface area contributed by atoms with E-state index >= 15 is 0 Å². The molecule has 2 heterocycles. The van der Waals surface area contributed by atoms with E-state index in [1.54, 1.807) is 6.92 Å². The van der Waals surface area contributed by atoms with Gasteiger partial charge in [0, 0.05) is 21.9 Å². The molecular weight excluding hydrogens is 611 g/mol. The van der Waals surface area contributed by atoms with Gasteiger partial charge in [0.25, 0.3) is 5.56 Å². The van der Waals surface area contributed by atoms with Crippen molar-refractivity contribution < 1.29 is 22.7 Å². The van der Waals surface area contributed by atoms with Gasteiger partial charge in [-0.05, 0) is 68.0 Å². The number of hydrogen-bond acceptors (Lipinski definition) is 9. The Labute approximate surface area is 258 Å². The minimum atomic E-state index is -3.62. The zero-order chi connectivity index (χ0) is 31.1. The van der Waals surface area contributed by atoms with Crippen LogP contribution in [0.25, 0.3) is 20.7 Å². The first-order valence-electron chi connectivity index (χ1n) is 13.9. The number of carbonyl (C=O) groups is 1. The van der Waals surface area contributed by atoms with Crippen LogP contribution in [-0.2, 0) is 39.2 Å². The number of fused-ring (bicyclic) bond motifs is 1. The van der Waals surface area contributed by atoms with Crippen molar-refractivity contribution in [1.82, 2.24) is 13.9 Å². The van der Waals surface area contributed by atoms with Crippen molar-refractivity contribution in [3.05, 3.63) is 80.5 Å². The number of ether oxygens (including phenoxy) is 2. The smallest absolute Gasteiger partial charge is 0.332 e. The van der Waals surface area contributed by atoms with Gasteiger partial charge in [0.1, 0.15) is 17.1 Å². The zero-order valence-corrected chi connectivity index (χ0v) is 27.0. The standard InChI is InChI=1S/C30H35N3O7S3/c1-5-16-40-22-14-12-20(13-15-22)27-23(17-31-43(37,38)7-3)26-28(35)32(19-25(34)39-6-2)30(36)33(29(26)42-27)18-21-10-8-9-11-24(21)41-4/h8-15,31H,5-7,16-19H2,1-4H3. The zero-order valence-electron chi connectivity index (χ0n) is 24.5. The summed E-state index contributed by atoms with van der Waals surface area (Å²) >= 11 is 2.77. The number of carbonyl (C=O) groups excluding carboxylic acids is 1. The number of aromatic nitrogens is 2. The molecule has 2 aromatic heterocycles. The van der Waals surface area contributed by atoms with Crippen LogP contribution in [-0.4, -0.2) is 48.7 Å². The molecule has 1 N–H and O–H groups in total. The Bertz CT molecular complexity index is 1820. The molecule has 0 amide bonds. The minimum absolute atomic E-state index is 0.0930. The predicted octanol–water partition coefficient (Wildman–Crippen LogP) is 4.45. The maximum atomic E-state index is 14.0. The van der Waals surface area contributed by atoms with Crippen LogP contribution < -0.4 is 20.7 Å². The lowest BCUT2D eigenvalue weighted by atomic mass is 10.1. The van der Waals surface area contributed by atoms with E-state index in [-0.39, 0.29) is 30.8 Å². The second-order valence-electron chi connectivity index (χ2n) is 9.56. The van der Waals surface area contributed by atoms with Gasteiger partial charge >= 0.3 is 11.7 Å². The quantitative estimate of drug-likeness (QED) is 0.158. The van der Waals surface area contributed by atoms with E-state index < -0.39 is 33.8 Å². The van der Waals surface area contributed by atoms with E-state index in [2.05, 4.69) is 4.72 Å². The molecule has 0 spiro atoms. The number of nitrogens with one attached hydrogen (secondary N) is 1. The summed E-state index contributed by atoms with van der Waals surface area (Å²) in [6.45, 7) is 5.24. The fraction of sp³-hybridized carbons (Fsp3) is 0.367. The molecule has 2 aromatic carbocycles. The second-order valence-corrected chi connectivity index (χ2v) is 13.5. The lowest BCUT2D eigenvalue weighted by Crippen LogP contribution is -2.42. The molecule has 0 atom stereocenters. The molecule has 0 aliphatic carbocycles. The highest BCUT2D eigenvalue weighted by molar-refractivity contribution is 7.98. The molecule has 0 radical (unpaired) electrons. The van der Waals surface area contributed by atoms with E-state index in [1.807, 2.05) is 61.7 Å². The maximum Gasteiger partial charge on any atom is 0.332 e. The Balaban J connectivity index is 2.02. The summed E-state index contributed by atoms with van der Waals surface area (Å²) in [6.07, 6.45) is 2.79. The average Bonchev–Trinajstić information content (AvgIpc) is 3.39. The summed E-state index contributed by atoms with van der Waals surface area (Å²) in [6, 6.07) is 15.0. The van der Waals surface area contributed by atoms with Gasteiger partial charge in [-0.15, -0.1) is 23.1 Å². The molecule has 0 fully saturated rings. The van der Waals surface area contributed by atoms with Crippen molar-refractivity contribution in [2.45, 2.75) is 51.7 Å². The number of thioether (sulfide) groups is 1. The molecule has 0 bridgehead atoms. The first-order valence-corrected chi connectivity index (χ1v) is 17.6. The summed E-state index contributed by atoms with van der Waals surface area (Å²) in [5.74, 6) is -0.178. The van der Waals surface area contributed by atoms with E-state index in [4.69, 9.17) is 9.47 Å². The van der Waals surface area contributed by atoms with Crippen LogP contribution in [0.3, 0.4) is 0 Å². The summed E-state index contributed by atoms with van der Waals surface area (Å²) in [5.41, 5.74) is 0.682. The second kappa shape index (κ2) is 14.4. The molecule has 0 unspecified atom stereocenters. The Morgan fingerprint density at radius 1 is 1.02 bits per heavy atom. The van der Waals surface area contributed by atoms with Crippen molar-refractivity contribution in [2.24, 2.45) is 0 Å². The molecule has 0 saturated carbocycles. The van der Waals surface area contributed by atoms with Crippen LogP contribution in [0.2, 0.25) is 0 Å². The summed E-state index contributed by atoms with van der Waals surface area (Å²) in [5, 5.41) is 0.177. The highest BCUT2D eigenvalue weighted by atomic mass is 32.2. The van der Waals surface area contributed by atoms with Gasteiger partial charge in [-0.3, -0.25) is 14.2 Å². The van der Waals surface area contributed by atoms with Gasteiger partial charge in [0.15, 0.2) is 0 Å². The molecule has 43 heavy (non-hydrogen) atoms. The van der Waals surface area contributed by atoms with Crippen LogP contribution in [0, 0.1) is 0 Å². The van der Waals surface area contributed by atoms with Crippen LogP contribution in [0.4, 0.5) is 0 Å². The molecule has 0 aliphatic rings. The fourth-order valence-electron chi connectivity index (χ4n) is 4.54. The molecule has 4 rings (SSSR count). The third-order valence-electron chi connectivity index (χ3n) is 6.71. The molecule has 230 valence electrons. The molecular formula is C30H35N3O7S3. The molecule has 10 nitrogen and oxygen atoms in total. The first-order chi connectivity index (χ1) is 20.6. The fourth-order valence-corrected chi connectivity index (χ4v) is 7.03. The predicted molar refractivity (Wildman–Crippen MR) is 172 cm³/mol. The van der Waals surface area contributed by atoms with Crippen LogP contribution in [0.5, 0.6) is 5.75 Å². The molecule has 4 aromatic rings. The molecule has 0 aliphatic heterocycles. The van der Waals surface area contributed by atoms with Crippen molar-refractivity contribution >= 4 is 49.3 Å². The minimum Gasteiger partial charge on any atom is -0.494 e. The summed E-state index contributed by atoms with van der Waals surface area (Å²) < 4.78 is 40.7. The SMILES string of the molecule is CCCOc1ccc(-c2sc3c(c2CNS(=O)(=O)CC)c(=O)n(CC(=O)OCC)c(=O)n3Cc2ccccc2SC)cc1. The van der Waals surface area contributed by atoms with Crippen molar-refractivity contribution in [3.8, 4) is 16.2 Å². The van der Waals surface area contributed by atoms with Gasteiger partial charge in [0.2, 0.25) is 10.0 Å².